The first kappa shape index (κ1) is 32.8. The summed E-state index contributed by atoms with van der Waals surface area (Å²) in [5, 5.41) is 15.3. The Hall–Kier alpha value is -5.11. The van der Waals surface area contributed by atoms with E-state index in [0.29, 0.717) is 5.75 Å². The number of phenols is 1. The first-order valence-electron chi connectivity index (χ1n) is 13.2. The molecule has 0 aromatic heterocycles. The number of methoxy groups -OCH3 is 1. The molecule has 0 radical (unpaired) electrons. The first-order chi connectivity index (χ1) is 21.2. The molecule has 236 valence electrons. The fraction of sp³-hybridized carbons (Fsp3) is 0.161. The number of amides is 2. The molecule has 2 amide bonds. The van der Waals surface area contributed by atoms with Crippen LogP contribution in [0.25, 0.3) is 0 Å². The summed E-state index contributed by atoms with van der Waals surface area (Å²) < 4.78 is 91.1. The molecule has 0 aliphatic carbocycles. The van der Waals surface area contributed by atoms with E-state index in [-0.39, 0.29) is 51.1 Å². The van der Waals surface area contributed by atoms with Gasteiger partial charge in [-0.15, -0.1) is 0 Å². The van der Waals surface area contributed by atoms with Crippen LogP contribution in [0.1, 0.15) is 34.6 Å². The second-order valence-corrected chi connectivity index (χ2v) is 12.1. The fourth-order valence-corrected chi connectivity index (χ4v) is 5.71. The maximum Gasteiger partial charge on any atom is 0.258 e. The van der Waals surface area contributed by atoms with E-state index in [1.807, 2.05) is 0 Å². The van der Waals surface area contributed by atoms with Gasteiger partial charge in [0.15, 0.2) is 38.9 Å². The average Bonchev–Trinajstić information content (AvgIpc) is 2.99. The van der Waals surface area contributed by atoms with Gasteiger partial charge in [0.05, 0.1) is 34.7 Å². The molecule has 0 aliphatic rings. The van der Waals surface area contributed by atoms with Crippen molar-refractivity contribution >= 4 is 33.0 Å². The minimum atomic E-state index is -3.57. The highest BCUT2D eigenvalue weighted by Crippen LogP contribution is 2.39. The van der Waals surface area contributed by atoms with Crippen molar-refractivity contribution in [3.8, 4) is 23.0 Å². The van der Waals surface area contributed by atoms with Gasteiger partial charge >= 0.3 is 0 Å². The lowest BCUT2D eigenvalue weighted by atomic mass is 10.1. The van der Waals surface area contributed by atoms with Gasteiger partial charge in [0.25, 0.3) is 11.8 Å². The summed E-state index contributed by atoms with van der Waals surface area (Å²) in [5.41, 5.74) is -1.67. The van der Waals surface area contributed by atoms with Gasteiger partial charge in [-0.05, 0) is 60.5 Å². The van der Waals surface area contributed by atoms with Crippen molar-refractivity contribution in [2.24, 2.45) is 5.92 Å². The zero-order valence-electron chi connectivity index (χ0n) is 24.0. The highest BCUT2D eigenvalue weighted by molar-refractivity contribution is 7.91. The molecule has 0 saturated carbocycles. The number of hydrogen-bond acceptors (Lipinski definition) is 7. The maximum absolute atomic E-state index is 14.3. The predicted octanol–water partition coefficient (Wildman–Crippen LogP) is 6.68. The quantitative estimate of drug-likeness (QED) is 0.0758. The van der Waals surface area contributed by atoms with Crippen molar-refractivity contribution in [2.75, 3.05) is 23.5 Å². The van der Waals surface area contributed by atoms with Crippen LogP contribution in [0.5, 0.6) is 23.0 Å². The lowest BCUT2D eigenvalue weighted by Gasteiger charge is -2.16. The molecule has 0 spiro atoms. The van der Waals surface area contributed by atoms with Crippen LogP contribution in [0.4, 0.5) is 28.9 Å². The Kier molecular flexibility index (Phi) is 9.66. The van der Waals surface area contributed by atoms with Crippen molar-refractivity contribution in [2.45, 2.75) is 18.7 Å². The Balaban J connectivity index is 1.66. The van der Waals surface area contributed by atoms with Crippen molar-refractivity contribution < 1.29 is 50.1 Å². The van der Waals surface area contributed by atoms with Crippen LogP contribution < -0.4 is 20.1 Å². The molecule has 0 saturated heterocycles. The first-order valence-corrected chi connectivity index (χ1v) is 14.8. The van der Waals surface area contributed by atoms with Crippen LogP contribution in [-0.4, -0.2) is 38.2 Å². The van der Waals surface area contributed by atoms with Crippen LogP contribution in [0.3, 0.4) is 0 Å². The van der Waals surface area contributed by atoms with E-state index in [9.17, 15) is 40.7 Å². The van der Waals surface area contributed by atoms with Gasteiger partial charge in [-0.3, -0.25) is 9.59 Å². The minimum absolute atomic E-state index is 0.0308. The number of aromatic hydroxyl groups is 1. The van der Waals surface area contributed by atoms with Crippen LogP contribution in [0, 0.1) is 29.2 Å². The van der Waals surface area contributed by atoms with Crippen LogP contribution in [0.2, 0.25) is 0 Å². The van der Waals surface area contributed by atoms with Gasteiger partial charge in [0.2, 0.25) is 0 Å². The molecule has 0 fully saturated rings. The second-order valence-electron chi connectivity index (χ2n) is 10.1. The van der Waals surface area contributed by atoms with E-state index in [1.165, 1.54) is 43.5 Å². The lowest BCUT2D eigenvalue weighted by molar-refractivity contribution is 0.101. The topological polar surface area (TPSA) is 131 Å². The predicted molar refractivity (Wildman–Crippen MR) is 157 cm³/mol. The molecule has 0 heterocycles. The molecular weight excluding hydrogens is 620 g/mol. The zero-order chi connectivity index (χ0) is 33.1. The van der Waals surface area contributed by atoms with Crippen LogP contribution in [0.15, 0.2) is 71.6 Å². The van der Waals surface area contributed by atoms with Gasteiger partial charge in [-0.25, -0.2) is 26.0 Å². The van der Waals surface area contributed by atoms with E-state index < -0.39 is 56.2 Å². The third-order valence-electron chi connectivity index (χ3n) is 6.26. The molecule has 0 atom stereocenters. The normalized spacial score (nSPS) is 11.3. The van der Waals surface area contributed by atoms with Crippen molar-refractivity contribution in [3.63, 3.8) is 0 Å². The summed E-state index contributed by atoms with van der Waals surface area (Å²) >= 11 is 0. The maximum atomic E-state index is 14.3. The highest BCUT2D eigenvalue weighted by atomic mass is 32.2. The van der Waals surface area contributed by atoms with Gasteiger partial charge in [0, 0.05) is 17.7 Å². The molecule has 0 aliphatic heterocycles. The third kappa shape index (κ3) is 7.52. The Morgan fingerprint density at radius 2 is 1.40 bits per heavy atom. The zero-order valence-corrected chi connectivity index (χ0v) is 24.8. The van der Waals surface area contributed by atoms with E-state index in [4.69, 9.17) is 9.47 Å². The average molecular weight is 647 g/mol. The van der Waals surface area contributed by atoms with E-state index in [1.54, 1.807) is 26.0 Å². The highest BCUT2D eigenvalue weighted by Gasteiger charge is 2.25. The Labute approximate surface area is 255 Å². The van der Waals surface area contributed by atoms with Crippen molar-refractivity contribution in [1.82, 2.24) is 0 Å². The lowest BCUT2D eigenvalue weighted by Crippen LogP contribution is -2.17. The summed E-state index contributed by atoms with van der Waals surface area (Å²) in [6.07, 6.45) is 0. The molecule has 4 rings (SSSR count). The molecule has 4 aromatic rings. The number of carbonyl (C=O) groups is 2. The number of halogens is 4. The van der Waals surface area contributed by atoms with Gasteiger partial charge in [0.1, 0.15) is 17.2 Å². The van der Waals surface area contributed by atoms with Crippen molar-refractivity contribution in [3.05, 3.63) is 101 Å². The SMILES string of the molecule is COc1ccc(Oc2cc(NC(=O)c3ccc(S(=O)(=O)CC(C)C)cc3)c(O)cc2NC(=O)c2cc(F)c(F)c(F)c2F)cc1. The van der Waals surface area contributed by atoms with E-state index >= 15 is 0 Å². The summed E-state index contributed by atoms with van der Waals surface area (Å²) in [4.78, 5) is 25.8. The third-order valence-corrected chi connectivity index (χ3v) is 8.35. The van der Waals surface area contributed by atoms with E-state index in [2.05, 4.69) is 10.6 Å². The summed E-state index contributed by atoms with van der Waals surface area (Å²) in [5.74, 6) is -10.6. The second kappa shape index (κ2) is 13.3. The largest absolute Gasteiger partial charge is 0.506 e. The summed E-state index contributed by atoms with van der Waals surface area (Å²) in [6.45, 7) is 3.52. The number of sulfone groups is 1. The Bertz CT molecular complexity index is 1870. The molecule has 3 N–H and O–H groups in total. The van der Waals surface area contributed by atoms with Gasteiger partial charge < -0.3 is 25.2 Å². The number of nitrogens with one attached hydrogen (secondary N) is 2. The molecule has 0 unspecified atom stereocenters. The number of ether oxygens (including phenoxy) is 2. The van der Waals surface area contributed by atoms with Crippen LogP contribution in [-0.2, 0) is 9.84 Å². The molecule has 14 heteroatoms. The number of rotatable bonds is 10. The van der Waals surface area contributed by atoms with Gasteiger partial charge in [-0.2, -0.15) is 0 Å². The number of anilines is 2. The fourth-order valence-electron chi connectivity index (χ4n) is 4.09. The van der Waals surface area contributed by atoms with E-state index in [0.717, 1.165) is 12.1 Å². The number of benzene rings is 4. The molecule has 45 heavy (non-hydrogen) atoms. The monoisotopic (exact) mass is 646 g/mol. The molecule has 4 aromatic carbocycles. The smallest absolute Gasteiger partial charge is 0.258 e. The Morgan fingerprint density at radius 1 is 0.800 bits per heavy atom. The van der Waals surface area contributed by atoms with Crippen molar-refractivity contribution in [1.29, 1.82) is 0 Å². The molecule has 0 bridgehead atoms. The Morgan fingerprint density at radius 3 is 2.00 bits per heavy atom. The standard InChI is InChI=1S/C31H26F4N2O7S/c1-16(2)15-45(41,42)20-10-4-17(5-11-20)30(39)36-23-14-26(44-19-8-6-18(43-3)7-9-19)24(13-25(23)38)37-31(40)21-12-22(32)28(34)29(35)27(21)33/h4-14,16,38H,15H2,1-3H3,(H,36,39)(H,37,40). The summed E-state index contributed by atoms with van der Waals surface area (Å²) in [6, 6.07) is 13.4. The number of phenolic OH excluding ortho intramolecular Hbond substituents is 1. The molecule has 9 nitrogen and oxygen atoms in total. The summed E-state index contributed by atoms with van der Waals surface area (Å²) in [7, 11) is -2.12. The van der Waals surface area contributed by atoms with Gasteiger partial charge in [-0.1, -0.05) is 13.8 Å². The number of carbonyl (C=O) groups excluding carboxylic acids is 2. The number of hydrogen-bond donors (Lipinski definition) is 3. The minimum Gasteiger partial charge on any atom is -0.506 e. The molecular formula is C31H26F4N2O7S. The van der Waals surface area contributed by atoms with Crippen LogP contribution >= 0.6 is 0 Å².